The van der Waals surface area contributed by atoms with E-state index in [2.05, 4.69) is 121 Å². The summed E-state index contributed by atoms with van der Waals surface area (Å²) in [6, 6.07) is 33.5. The summed E-state index contributed by atoms with van der Waals surface area (Å²) in [5, 5.41) is 11.8. The number of rotatable bonds is 18. The van der Waals surface area contributed by atoms with Gasteiger partial charge in [-0.1, -0.05) is 48.5 Å². The number of aromatic nitrogens is 6. The summed E-state index contributed by atoms with van der Waals surface area (Å²) in [6.45, 7) is 8.45. The lowest BCUT2D eigenvalue weighted by Crippen LogP contribution is -2.35. The Labute approximate surface area is 401 Å². The number of thiazole rings is 1. The lowest BCUT2D eigenvalue weighted by molar-refractivity contribution is -0.0265. The first kappa shape index (κ1) is 46.7. The van der Waals surface area contributed by atoms with Gasteiger partial charge in [0.15, 0.2) is 5.96 Å². The highest BCUT2D eigenvalue weighted by molar-refractivity contribution is 7.99. The van der Waals surface area contributed by atoms with Crippen molar-refractivity contribution < 1.29 is 14.2 Å². The van der Waals surface area contributed by atoms with Crippen LogP contribution in [0, 0.1) is 0 Å². The van der Waals surface area contributed by atoms with Crippen LogP contribution in [-0.4, -0.2) is 130 Å². The zero-order chi connectivity index (χ0) is 45.6. The summed E-state index contributed by atoms with van der Waals surface area (Å²) in [5.41, 5.74) is 5.29. The molecule has 0 aliphatic carbocycles. The van der Waals surface area contributed by atoms with Crippen molar-refractivity contribution in [2.24, 2.45) is 4.99 Å². The largest absolute Gasteiger partial charge is 0.494 e. The first-order chi connectivity index (χ1) is 33.0. The Hall–Kier alpha value is -5.36. The van der Waals surface area contributed by atoms with Gasteiger partial charge < -0.3 is 39.6 Å². The third-order valence-electron chi connectivity index (χ3n) is 12.4. The zero-order valence-corrected chi connectivity index (χ0v) is 40.3. The number of likely N-dealkylation sites (tertiary alicyclic amines) is 2. The zero-order valence-electron chi connectivity index (χ0n) is 38.6. The van der Waals surface area contributed by atoms with Gasteiger partial charge in [0.1, 0.15) is 41.4 Å². The molecular formula is C51H63N11O3S2. The van der Waals surface area contributed by atoms with Gasteiger partial charge in [-0.2, -0.15) is 5.10 Å². The molecule has 4 aromatic carbocycles. The fraction of sp³-hybridized carbons (Fsp3) is 0.431. The predicted molar refractivity (Wildman–Crippen MR) is 269 cm³/mol. The van der Waals surface area contributed by atoms with Crippen molar-refractivity contribution in [3.8, 4) is 5.75 Å². The van der Waals surface area contributed by atoms with Gasteiger partial charge in [0.25, 0.3) is 0 Å². The number of imidazole rings is 1. The van der Waals surface area contributed by atoms with Crippen LogP contribution >= 0.6 is 23.1 Å². The van der Waals surface area contributed by atoms with Gasteiger partial charge in [0, 0.05) is 56.5 Å². The predicted octanol–water partition coefficient (Wildman–Crippen LogP) is 8.35. The van der Waals surface area contributed by atoms with Crippen LogP contribution in [0.1, 0.15) is 72.7 Å². The van der Waals surface area contributed by atoms with Crippen molar-refractivity contribution in [3.63, 3.8) is 0 Å². The third kappa shape index (κ3) is 13.2. The minimum absolute atomic E-state index is 0.193. The average Bonchev–Trinajstić information content (AvgIpc) is 4.21. The minimum Gasteiger partial charge on any atom is -0.494 e. The lowest BCUT2D eigenvalue weighted by Gasteiger charge is -2.31. The van der Waals surface area contributed by atoms with Crippen molar-refractivity contribution in [3.05, 3.63) is 132 Å². The normalized spacial score (nSPS) is 17.2. The Balaban J connectivity index is 0.000000168. The van der Waals surface area contributed by atoms with E-state index < -0.39 is 0 Å². The van der Waals surface area contributed by atoms with E-state index >= 15 is 0 Å². The number of aliphatic imine (C=N–C) groups is 1. The maximum atomic E-state index is 6.73. The molecule has 3 aliphatic heterocycles. The molecule has 3 aromatic heterocycles. The quantitative estimate of drug-likeness (QED) is 0.0563. The van der Waals surface area contributed by atoms with E-state index in [9.17, 15) is 0 Å². The average molecular weight is 942 g/mol. The van der Waals surface area contributed by atoms with E-state index in [0.717, 1.165) is 147 Å². The Morgan fingerprint density at radius 3 is 2.25 bits per heavy atom. The maximum Gasteiger partial charge on any atom is 0.191 e. The minimum atomic E-state index is -0.207. The van der Waals surface area contributed by atoms with Crippen molar-refractivity contribution in [2.75, 3.05) is 72.3 Å². The molecule has 7 aromatic rings. The molecule has 10 rings (SSSR count). The van der Waals surface area contributed by atoms with E-state index in [1.807, 2.05) is 46.8 Å². The first-order valence-corrected chi connectivity index (χ1v) is 25.6. The van der Waals surface area contributed by atoms with Crippen molar-refractivity contribution in [1.82, 2.24) is 50.1 Å². The second-order valence-electron chi connectivity index (χ2n) is 17.5. The molecule has 2 saturated heterocycles. The first-order valence-electron chi connectivity index (χ1n) is 23.8. The van der Waals surface area contributed by atoms with E-state index in [4.69, 9.17) is 24.2 Å². The molecule has 2 atom stereocenters. The Kier molecular flexibility index (Phi) is 16.4. The number of fused-ring (bicyclic) bond motifs is 2. The van der Waals surface area contributed by atoms with Gasteiger partial charge in [0.05, 0.1) is 46.6 Å². The number of aryl methyl sites for hydroxylation is 1. The molecule has 2 unspecified atom stereocenters. The van der Waals surface area contributed by atoms with Crippen molar-refractivity contribution >= 4 is 50.3 Å². The molecular weight excluding hydrogens is 879 g/mol. The van der Waals surface area contributed by atoms with Gasteiger partial charge in [-0.25, -0.2) is 15.0 Å². The van der Waals surface area contributed by atoms with Crippen LogP contribution in [-0.2, 0) is 16.0 Å². The monoisotopic (exact) mass is 941 g/mol. The number of aromatic amines is 1. The van der Waals surface area contributed by atoms with E-state index in [0.29, 0.717) is 6.61 Å². The molecule has 3 aliphatic rings. The molecule has 0 amide bonds. The highest BCUT2D eigenvalue weighted by Gasteiger charge is 2.28. The van der Waals surface area contributed by atoms with Crippen molar-refractivity contribution in [2.45, 2.75) is 74.4 Å². The van der Waals surface area contributed by atoms with Gasteiger partial charge in [-0.15, -0.1) is 23.1 Å². The van der Waals surface area contributed by atoms with Crippen LogP contribution in [0.3, 0.4) is 0 Å². The number of guanidine groups is 1. The van der Waals surface area contributed by atoms with Crippen LogP contribution in [0.15, 0.2) is 120 Å². The topological polar surface area (TPSA) is 143 Å². The summed E-state index contributed by atoms with van der Waals surface area (Å²) in [6.07, 6.45) is 9.51. The SMILES string of the molecule is CN1CCC(OC(c2cccc(OCCCCn3cncn3)c2)c2nc3ccccc3s2)CC1.CN1CCC(OC(c2cccc(SCCNC3=NCCN3)c2)c2nc3ccccc3[nH]2)CC1. The summed E-state index contributed by atoms with van der Waals surface area (Å²) < 4.78 is 22.6. The van der Waals surface area contributed by atoms with Crippen LogP contribution < -0.4 is 15.4 Å². The van der Waals surface area contributed by atoms with Crippen molar-refractivity contribution in [1.29, 1.82) is 0 Å². The molecule has 6 heterocycles. The molecule has 2 fully saturated rings. The molecule has 16 heteroatoms. The molecule has 0 spiro atoms. The molecule has 67 heavy (non-hydrogen) atoms. The number of nitrogens with one attached hydrogen (secondary N) is 3. The summed E-state index contributed by atoms with van der Waals surface area (Å²) in [5.74, 6) is 3.64. The number of para-hydroxylation sites is 3. The Bertz CT molecular complexity index is 2560. The third-order valence-corrected chi connectivity index (χ3v) is 14.4. The molecule has 0 bridgehead atoms. The van der Waals surface area contributed by atoms with Crippen LogP contribution in [0.5, 0.6) is 5.75 Å². The molecule has 0 radical (unpaired) electrons. The smallest absolute Gasteiger partial charge is 0.191 e. The highest BCUT2D eigenvalue weighted by Crippen LogP contribution is 2.37. The van der Waals surface area contributed by atoms with Crippen LogP contribution in [0.4, 0.5) is 0 Å². The summed E-state index contributed by atoms with van der Waals surface area (Å²) in [4.78, 5) is 27.7. The van der Waals surface area contributed by atoms with Crippen LogP contribution in [0.2, 0.25) is 0 Å². The van der Waals surface area contributed by atoms with Gasteiger partial charge >= 0.3 is 0 Å². The summed E-state index contributed by atoms with van der Waals surface area (Å²) >= 11 is 3.56. The molecule has 0 saturated carbocycles. The molecule has 3 N–H and O–H groups in total. The van der Waals surface area contributed by atoms with E-state index in [-0.39, 0.29) is 24.4 Å². The highest BCUT2D eigenvalue weighted by atomic mass is 32.2. The number of ether oxygens (including phenoxy) is 3. The number of unbranched alkanes of at least 4 members (excludes halogenated alkanes) is 1. The fourth-order valence-corrected chi connectivity index (χ4v) is 10.5. The number of thioether (sulfide) groups is 1. The van der Waals surface area contributed by atoms with Crippen LogP contribution in [0.25, 0.3) is 21.3 Å². The Morgan fingerprint density at radius 1 is 0.791 bits per heavy atom. The van der Waals surface area contributed by atoms with Gasteiger partial charge in [0.2, 0.25) is 0 Å². The number of hydrogen-bond acceptors (Lipinski definition) is 14. The Morgan fingerprint density at radius 2 is 1.52 bits per heavy atom. The van der Waals surface area contributed by atoms with E-state index in [1.165, 1.54) is 9.60 Å². The number of benzene rings is 4. The standard InChI is InChI=1S/C26H31N5O2S.C25H32N6OS/c1-30-14-11-21(12-15-30)33-25(26-29-23-9-2-3-10-24(23)34-26)20-7-6-8-22(17-20)32-16-5-4-13-31-19-27-18-28-31;1-31-14-9-19(10-15-31)32-23(24-29-21-7-2-3-8-22(21)30-24)18-5-4-6-20(17-18)33-16-13-28-25-26-11-12-27-25/h2-3,6-10,17-19,21,25H,4-5,11-16H2,1H3;2-8,17,19,23H,9-16H2,1H3,(H,29,30)(H2,26,27,28). The second-order valence-corrected chi connectivity index (χ2v) is 19.7. The summed E-state index contributed by atoms with van der Waals surface area (Å²) in [7, 11) is 4.35. The van der Waals surface area contributed by atoms with Gasteiger partial charge in [-0.05, 0) is 112 Å². The number of H-pyrrole nitrogens is 1. The molecule has 352 valence electrons. The lowest BCUT2D eigenvalue weighted by atomic mass is 10.1. The molecule has 14 nitrogen and oxygen atoms in total. The maximum absolute atomic E-state index is 6.73. The number of piperidine rings is 2. The second kappa shape index (κ2) is 23.6. The van der Waals surface area contributed by atoms with Gasteiger partial charge in [-0.3, -0.25) is 9.67 Å². The van der Waals surface area contributed by atoms with E-state index in [1.54, 1.807) is 24.0 Å². The number of nitrogens with zero attached hydrogens (tertiary/aromatic N) is 8. The number of hydrogen-bond donors (Lipinski definition) is 3. The fourth-order valence-electron chi connectivity index (χ4n) is 8.61.